The van der Waals surface area contributed by atoms with Gasteiger partial charge in [-0.1, -0.05) is 0 Å². The van der Waals surface area contributed by atoms with Gasteiger partial charge in [0, 0.05) is 68.0 Å². The molecule has 17 nitrogen and oxygen atoms in total. The Balaban J connectivity index is 0.000000355. The Morgan fingerprint density at radius 2 is 1.12 bits per heavy atom. The van der Waals surface area contributed by atoms with Crippen LogP contribution >= 0.6 is 24.8 Å². The molecule has 0 saturated heterocycles. The Morgan fingerprint density at radius 1 is 0.686 bits per heavy atom. The quantitative estimate of drug-likeness (QED) is 0.0361. The monoisotopic (exact) mass is 739 g/mol. The number of hydrogen-bond acceptors (Lipinski definition) is 10. The molecule has 0 aliphatic carbocycles. The molecule has 0 aliphatic heterocycles. The summed E-state index contributed by atoms with van der Waals surface area (Å²) in [5.41, 5.74) is 20.7. The van der Waals surface area contributed by atoms with Crippen molar-refractivity contribution in [3.05, 3.63) is 89.9 Å². The molecule has 51 heavy (non-hydrogen) atoms. The molecule has 3 aromatic carbocycles. The second kappa shape index (κ2) is 20.2. The van der Waals surface area contributed by atoms with E-state index in [1.54, 1.807) is 40.0 Å². The normalized spacial score (nSPS) is 11.2. The van der Waals surface area contributed by atoms with Crippen molar-refractivity contribution in [1.29, 1.82) is 0 Å². The van der Waals surface area contributed by atoms with E-state index in [1.807, 2.05) is 72.4 Å². The third kappa shape index (κ3) is 10.8. The van der Waals surface area contributed by atoms with Gasteiger partial charge in [-0.2, -0.15) is 10.2 Å². The van der Waals surface area contributed by atoms with Gasteiger partial charge in [-0.3, -0.25) is 10.2 Å². The van der Waals surface area contributed by atoms with E-state index < -0.39 is 0 Å². The number of aromatic amines is 3. The minimum Gasteiger partial charge on any atom is -0.497 e. The van der Waals surface area contributed by atoms with Crippen LogP contribution in [0.15, 0.2) is 93.6 Å². The average Bonchev–Trinajstić information content (AvgIpc) is 3.87. The van der Waals surface area contributed by atoms with E-state index in [0.717, 1.165) is 67.4 Å². The summed E-state index contributed by atoms with van der Waals surface area (Å²) in [5, 5.41) is 17.9. The zero-order valence-electron chi connectivity index (χ0n) is 27.7. The van der Waals surface area contributed by atoms with E-state index in [2.05, 4.69) is 46.6 Å². The SMILES string of the molecule is COc1ccc2[nH]cc(/C=N/N=C(N)N/N=C/c3c[nH]c4ccc(OC)cc34)c2c1.COc1ccc2[nH]cc(C=O)c2c1.Cl.Cl.NN=C(N)NN. The van der Waals surface area contributed by atoms with Crippen molar-refractivity contribution in [3.8, 4) is 17.2 Å². The predicted octanol–water partition coefficient (Wildman–Crippen LogP) is 3.41. The molecule has 6 aromatic rings. The van der Waals surface area contributed by atoms with Gasteiger partial charge in [0.1, 0.15) is 17.2 Å². The Labute approximate surface area is 304 Å². The summed E-state index contributed by atoms with van der Waals surface area (Å²) in [4.78, 5) is 20.0. The fourth-order valence-electron chi connectivity index (χ4n) is 4.44. The lowest BCUT2D eigenvalue weighted by atomic mass is 10.2. The molecule has 0 aliphatic rings. The van der Waals surface area contributed by atoms with Gasteiger partial charge in [-0.25, -0.2) is 11.3 Å². The van der Waals surface area contributed by atoms with Crippen LogP contribution in [0.1, 0.15) is 21.5 Å². The molecule has 3 heterocycles. The highest BCUT2D eigenvalue weighted by molar-refractivity contribution is 6.01. The predicted molar refractivity (Wildman–Crippen MR) is 208 cm³/mol. The molecule has 0 bridgehead atoms. The molecule has 0 fully saturated rings. The van der Waals surface area contributed by atoms with Gasteiger partial charge in [0.15, 0.2) is 6.29 Å². The number of hydrazine groups is 1. The highest BCUT2D eigenvalue weighted by Gasteiger charge is 2.05. The summed E-state index contributed by atoms with van der Waals surface area (Å²) in [6.45, 7) is 0. The Kier molecular flexibility index (Phi) is 16.1. The van der Waals surface area contributed by atoms with Crippen LogP contribution in [0.4, 0.5) is 0 Å². The fourth-order valence-corrected chi connectivity index (χ4v) is 4.44. The molecule has 0 unspecified atom stereocenters. The number of nitrogens with two attached hydrogens (primary N) is 4. The molecule has 0 amide bonds. The lowest BCUT2D eigenvalue weighted by Crippen LogP contribution is -2.37. The van der Waals surface area contributed by atoms with Gasteiger partial charge in [0.25, 0.3) is 0 Å². The van der Waals surface area contributed by atoms with Gasteiger partial charge in [0.05, 0.1) is 33.8 Å². The van der Waals surface area contributed by atoms with Crippen molar-refractivity contribution in [1.82, 2.24) is 25.8 Å². The van der Waals surface area contributed by atoms with Crippen LogP contribution < -0.4 is 48.2 Å². The number of fused-ring (bicyclic) bond motifs is 3. The van der Waals surface area contributed by atoms with Gasteiger partial charge in [-0.05, 0) is 54.6 Å². The number of nitrogens with one attached hydrogen (secondary N) is 5. The van der Waals surface area contributed by atoms with Crippen LogP contribution in [-0.2, 0) is 0 Å². The van der Waals surface area contributed by atoms with Crippen LogP contribution in [0.3, 0.4) is 0 Å². The van der Waals surface area contributed by atoms with Gasteiger partial charge in [0.2, 0.25) is 11.9 Å². The molecule has 19 heteroatoms. The molecule has 13 N–H and O–H groups in total. The molecule has 6 rings (SSSR count). The maximum absolute atomic E-state index is 10.6. The Morgan fingerprint density at radius 3 is 1.51 bits per heavy atom. The highest BCUT2D eigenvalue weighted by atomic mass is 35.5. The number of halogens is 2. The minimum atomic E-state index is 0. The van der Waals surface area contributed by atoms with Crippen molar-refractivity contribution in [3.63, 3.8) is 0 Å². The van der Waals surface area contributed by atoms with E-state index >= 15 is 0 Å². The first-order chi connectivity index (χ1) is 23.8. The minimum absolute atomic E-state index is 0. The van der Waals surface area contributed by atoms with Crippen molar-refractivity contribution >= 4 is 88.2 Å². The summed E-state index contributed by atoms with van der Waals surface area (Å²) in [5.74, 6) is 11.7. The van der Waals surface area contributed by atoms with Crippen LogP contribution in [0.2, 0.25) is 0 Å². The number of H-pyrrole nitrogens is 3. The largest absolute Gasteiger partial charge is 0.497 e. The summed E-state index contributed by atoms with van der Waals surface area (Å²) in [7, 11) is 4.87. The molecule has 0 radical (unpaired) electrons. The topological polar surface area (TPSA) is 270 Å². The molecule has 0 saturated carbocycles. The second-order valence-electron chi connectivity index (χ2n) is 9.84. The van der Waals surface area contributed by atoms with Crippen LogP contribution in [0.5, 0.6) is 17.2 Å². The van der Waals surface area contributed by atoms with Crippen LogP contribution in [0, 0.1) is 0 Å². The second-order valence-corrected chi connectivity index (χ2v) is 9.84. The summed E-state index contributed by atoms with van der Waals surface area (Å²) in [6.07, 6.45) is 9.48. The first-order valence-electron chi connectivity index (χ1n) is 14.4. The first-order valence-corrected chi connectivity index (χ1v) is 14.4. The van der Waals surface area contributed by atoms with E-state index in [0.29, 0.717) is 5.56 Å². The number of benzene rings is 3. The third-order valence-corrected chi connectivity index (χ3v) is 6.92. The number of carbonyl (C=O) groups excluding carboxylic acids is 1. The van der Waals surface area contributed by atoms with Gasteiger partial charge >= 0.3 is 0 Å². The van der Waals surface area contributed by atoms with E-state index in [1.165, 1.54) is 0 Å². The zero-order valence-corrected chi connectivity index (χ0v) is 29.3. The lowest BCUT2D eigenvalue weighted by Gasteiger charge is -1.99. The van der Waals surface area contributed by atoms with E-state index in [-0.39, 0.29) is 36.7 Å². The number of hydrogen-bond donors (Lipinski definition) is 9. The Bertz CT molecular complexity index is 2140. The first kappa shape index (κ1) is 40.7. The Hall–Kier alpha value is -6.43. The average molecular weight is 741 g/mol. The number of hydrazone groups is 2. The number of carbonyl (C=O) groups is 1. The molecule has 0 spiro atoms. The smallest absolute Gasteiger partial charge is 0.234 e. The molecule has 0 atom stereocenters. The fraction of sp³-hybridized carbons (Fsp3) is 0.0938. The third-order valence-electron chi connectivity index (χ3n) is 6.92. The van der Waals surface area contributed by atoms with E-state index in [4.69, 9.17) is 31.5 Å². The summed E-state index contributed by atoms with van der Waals surface area (Å²) < 4.78 is 15.6. The molecule has 270 valence electrons. The molecular weight excluding hydrogens is 701 g/mol. The lowest BCUT2D eigenvalue weighted by molar-refractivity contribution is 0.112. The van der Waals surface area contributed by atoms with Crippen molar-refractivity contribution in [2.75, 3.05) is 21.3 Å². The maximum Gasteiger partial charge on any atom is 0.234 e. The van der Waals surface area contributed by atoms with Gasteiger partial charge < -0.3 is 46.5 Å². The van der Waals surface area contributed by atoms with Gasteiger partial charge in [-0.15, -0.1) is 35.0 Å². The zero-order chi connectivity index (χ0) is 35.2. The number of aldehydes is 1. The van der Waals surface area contributed by atoms with Crippen molar-refractivity contribution in [2.24, 2.45) is 43.6 Å². The summed E-state index contributed by atoms with van der Waals surface area (Å²) in [6, 6.07) is 17.1. The standard InChI is InChI=1S/C21H21N7O2.C10H9NO2.CH7N5.2ClH/c1-29-15-3-5-19-17(7-15)13(9-23-19)11-25-27-21(22)28-26-12-14-10-24-20-6-4-16(30-2)8-18(14)20;1-13-8-2-3-10-9(4-8)7(6-12)5-11-10;2-1(5-3)6-4;;/h3-12,23-24H,1-2H3,(H3,22,27,28);2-6,11H,1H3;3-4H2,(H3,2,5,6);2*1H/b25-11+,26-12+;;;;. The molecule has 3 aromatic heterocycles. The number of aromatic nitrogens is 3. The van der Waals surface area contributed by atoms with Crippen molar-refractivity contribution < 1.29 is 19.0 Å². The van der Waals surface area contributed by atoms with Crippen molar-refractivity contribution in [2.45, 2.75) is 0 Å². The summed E-state index contributed by atoms with van der Waals surface area (Å²) >= 11 is 0. The number of methoxy groups -OCH3 is 3. The molecular formula is C32H39Cl2N13O4. The van der Waals surface area contributed by atoms with Crippen LogP contribution in [-0.4, -0.2) is 66.9 Å². The number of ether oxygens (including phenoxy) is 3. The number of rotatable bonds is 8. The van der Waals surface area contributed by atoms with Crippen LogP contribution in [0.25, 0.3) is 32.7 Å². The maximum atomic E-state index is 10.6. The number of nitrogens with zero attached hydrogens (tertiary/aromatic N) is 4. The number of guanidine groups is 2. The van der Waals surface area contributed by atoms with E-state index in [9.17, 15) is 4.79 Å². The highest BCUT2D eigenvalue weighted by Crippen LogP contribution is 2.24.